The van der Waals surface area contributed by atoms with Gasteiger partial charge >= 0.3 is 21.1 Å². The SMILES string of the molecule is COc1c(-c2ccccc2)cc(C)cc1-c1ccc(-c2ccc3c(c2)c2ccccc2n3-c2ccc3oc4ccc(-c5ccc6c(c5)c5ccc[c-]c5n5nccc65)cc4c3c2)cc1.[Pt+2].[c-]1cccc2c3cc(-c4ccc5oc6ccc(-n7c8ccccc8c8ccccc87)cc6c5c4)ccc3c3ccnn3c12. The fraction of sp³-hybridized carbons (Fsp3) is 0.0204. The van der Waals surface area contributed by atoms with E-state index in [1.807, 2.05) is 51.8 Å². The summed E-state index contributed by atoms with van der Waals surface area (Å²) in [6.45, 7) is 2.15. The van der Waals surface area contributed by atoms with Crippen LogP contribution >= 0.6 is 0 Å². The number of hydrogen-bond donors (Lipinski definition) is 0. The Bertz CT molecular complexity index is 7590. The second kappa shape index (κ2) is 24.8. The number of fused-ring (bicyclic) bond motifs is 24. The first-order chi connectivity index (χ1) is 52.9. The van der Waals surface area contributed by atoms with Crippen LogP contribution in [0.1, 0.15) is 5.56 Å². The molecule has 108 heavy (non-hydrogen) atoms. The predicted molar refractivity (Wildman–Crippen MR) is 440 cm³/mol. The molecule has 510 valence electrons. The molecule has 0 spiro atoms. The molecular weight excluding hydrogens is 1500 g/mol. The van der Waals surface area contributed by atoms with Crippen molar-refractivity contribution in [3.05, 3.63) is 346 Å². The van der Waals surface area contributed by atoms with E-state index in [1.165, 1.54) is 65.3 Å². The Balaban J connectivity index is 0.000000147. The molecule has 0 bridgehead atoms. The zero-order chi connectivity index (χ0) is 70.5. The fourth-order valence-electron chi connectivity index (χ4n) is 17.0. The number of para-hydroxylation sites is 5. The molecule has 8 aromatic heterocycles. The minimum atomic E-state index is 0. The van der Waals surface area contributed by atoms with E-state index in [0.29, 0.717) is 0 Å². The number of rotatable bonds is 8. The van der Waals surface area contributed by atoms with Gasteiger partial charge in [0, 0.05) is 78.0 Å². The number of hydrogen-bond acceptors (Lipinski definition) is 5. The molecule has 23 rings (SSSR count). The van der Waals surface area contributed by atoms with Gasteiger partial charge in [-0.15, -0.1) is 10.8 Å². The van der Waals surface area contributed by atoms with E-state index in [4.69, 9.17) is 13.6 Å². The predicted octanol–water partition coefficient (Wildman–Crippen LogP) is 25.5. The first-order valence-electron chi connectivity index (χ1n) is 36.1. The molecule has 0 aliphatic rings. The first-order valence-corrected chi connectivity index (χ1v) is 36.1. The van der Waals surface area contributed by atoms with E-state index in [0.717, 1.165) is 155 Å². The quantitative estimate of drug-likeness (QED) is 0.112. The monoisotopic (exact) mass is 1560 g/mol. The van der Waals surface area contributed by atoms with Crippen LogP contribution in [0.25, 0.3) is 209 Å². The van der Waals surface area contributed by atoms with Gasteiger partial charge < -0.3 is 22.7 Å². The van der Waals surface area contributed by atoms with Crippen molar-refractivity contribution >= 4 is 142 Å². The van der Waals surface area contributed by atoms with Gasteiger partial charge in [-0.25, -0.2) is 0 Å². The van der Waals surface area contributed by atoms with Crippen LogP contribution in [0.3, 0.4) is 0 Å². The molecule has 0 unspecified atom stereocenters. The van der Waals surface area contributed by atoms with E-state index in [-0.39, 0.29) is 21.1 Å². The summed E-state index contributed by atoms with van der Waals surface area (Å²) in [6.07, 6.45) is 3.71. The van der Waals surface area contributed by atoms with E-state index < -0.39 is 0 Å². The number of pyridine rings is 2. The van der Waals surface area contributed by atoms with Crippen LogP contribution in [-0.2, 0) is 21.1 Å². The maximum atomic E-state index is 6.47. The number of benzene rings is 15. The molecule has 10 heteroatoms. The summed E-state index contributed by atoms with van der Waals surface area (Å²) in [5.41, 5.74) is 27.1. The Kier molecular flexibility index (Phi) is 14.4. The van der Waals surface area contributed by atoms with Crippen LogP contribution in [0, 0.1) is 19.1 Å². The summed E-state index contributed by atoms with van der Waals surface area (Å²) in [5.74, 6) is 0.885. The van der Waals surface area contributed by atoms with Crippen molar-refractivity contribution < 1.29 is 34.6 Å². The molecule has 0 saturated heterocycles. The third-order valence-corrected chi connectivity index (χ3v) is 21.9. The molecule has 0 radical (unpaired) electrons. The summed E-state index contributed by atoms with van der Waals surface area (Å²) < 4.78 is 27.6. The van der Waals surface area contributed by atoms with Crippen molar-refractivity contribution in [1.29, 1.82) is 0 Å². The summed E-state index contributed by atoms with van der Waals surface area (Å²) in [5, 5.41) is 25.5. The number of furan rings is 2. The van der Waals surface area contributed by atoms with Crippen LogP contribution < -0.4 is 4.74 Å². The molecule has 0 aliphatic carbocycles. The normalized spacial score (nSPS) is 11.9. The van der Waals surface area contributed by atoms with Crippen molar-refractivity contribution in [3.8, 4) is 72.8 Å². The van der Waals surface area contributed by atoms with Crippen molar-refractivity contribution in [2.45, 2.75) is 6.92 Å². The Labute approximate surface area is 632 Å². The smallest absolute Gasteiger partial charge is 0.495 e. The second-order valence-corrected chi connectivity index (χ2v) is 27.9. The van der Waals surface area contributed by atoms with Gasteiger partial charge in [-0.05, 0) is 194 Å². The Morgan fingerprint density at radius 3 is 1.15 bits per heavy atom. The molecule has 0 atom stereocenters. The summed E-state index contributed by atoms with van der Waals surface area (Å²) in [4.78, 5) is 0. The molecule has 8 heterocycles. The number of aromatic nitrogens is 6. The molecule has 15 aromatic carbocycles. The van der Waals surface area contributed by atoms with E-state index in [9.17, 15) is 0 Å². The fourth-order valence-corrected chi connectivity index (χ4v) is 17.0. The summed E-state index contributed by atoms with van der Waals surface area (Å²) in [6, 6.07) is 119. The van der Waals surface area contributed by atoms with Crippen LogP contribution in [0.4, 0.5) is 0 Å². The molecule has 0 N–H and O–H groups in total. The zero-order valence-electron chi connectivity index (χ0n) is 58.4. The van der Waals surface area contributed by atoms with Crippen molar-refractivity contribution in [2.75, 3.05) is 7.11 Å². The van der Waals surface area contributed by atoms with Crippen molar-refractivity contribution in [1.82, 2.24) is 28.4 Å². The van der Waals surface area contributed by atoms with Crippen LogP contribution in [-0.4, -0.2) is 35.5 Å². The van der Waals surface area contributed by atoms with Gasteiger partial charge in [-0.2, -0.15) is 58.7 Å². The van der Waals surface area contributed by atoms with Crippen LogP contribution in [0.15, 0.2) is 337 Å². The van der Waals surface area contributed by atoms with E-state index in [1.54, 1.807) is 7.11 Å². The minimum Gasteiger partial charge on any atom is -0.495 e. The molecule has 0 saturated carbocycles. The van der Waals surface area contributed by atoms with Gasteiger partial charge in [0.25, 0.3) is 0 Å². The summed E-state index contributed by atoms with van der Waals surface area (Å²) in [7, 11) is 1.76. The Morgan fingerprint density at radius 2 is 0.648 bits per heavy atom. The molecule has 0 amide bonds. The van der Waals surface area contributed by atoms with Gasteiger partial charge in [0.1, 0.15) is 28.1 Å². The maximum Gasteiger partial charge on any atom is 2.00 e. The first kappa shape index (κ1) is 62.9. The molecule has 23 aromatic rings. The van der Waals surface area contributed by atoms with Crippen molar-refractivity contribution in [2.24, 2.45) is 0 Å². The van der Waals surface area contributed by atoms with Crippen LogP contribution in [0.2, 0.25) is 0 Å². The van der Waals surface area contributed by atoms with E-state index >= 15 is 0 Å². The molecule has 0 fully saturated rings. The van der Waals surface area contributed by atoms with Gasteiger partial charge in [-0.3, -0.25) is 9.03 Å². The van der Waals surface area contributed by atoms with Gasteiger partial charge in [0.15, 0.2) is 0 Å². The molecular formula is C98H60N6O3Pt. The standard InChI is InChI=1S/C59H38N3O2.C39H22N3O.Pt/c1-36-30-47(38-10-4-3-5-11-38)59(63-2)48(31-36)39-18-16-37(17-19-39)40-21-25-54-50(33-40)45-13-6-8-14-53(45)61(54)43-23-27-58-52(35-43)51-34-42(22-26-57(51)64-58)41-20-24-46-49(32-41)44-12-7-9-15-55(44)62-56(46)28-29-60-62;1-4-10-34-27(7-1)28-8-2-5-11-35(28)41(34)26-15-18-39-33(23-26)32-22-25(14-17-38(32)43-39)24-13-16-30-31(21-24)29-9-3-6-12-36(29)42-37(30)19-20-40-42;/h3-14,16-35H,1-2H3;1-11,13-23H;/q2*-1;+2. The molecule has 9 nitrogen and oxygen atoms in total. The third-order valence-electron chi connectivity index (χ3n) is 21.9. The van der Waals surface area contributed by atoms with Gasteiger partial charge in [-0.1, -0.05) is 175 Å². The minimum absolute atomic E-state index is 0. The molecule has 0 aliphatic heterocycles. The maximum absolute atomic E-state index is 6.47. The number of ether oxygens (including phenoxy) is 1. The summed E-state index contributed by atoms with van der Waals surface area (Å²) >= 11 is 0. The number of methoxy groups -OCH3 is 1. The van der Waals surface area contributed by atoms with E-state index in [2.05, 4.69) is 324 Å². The number of nitrogens with zero attached hydrogens (tertiary/aromatic N) is 6. The average molecular weight is 1560 g/mol. The van der Waals surface area contributed by atoms with Crippen molar-refractivity contribution in [3.63, 3.8) is 0 Å². The van der Waals surface area contributed by atoms with Gasteiger partial charge in [0.2, 0.25) is 0 Å². The third kappa shape index (κ3) is 9.82. The average Bonchev–Trinajstić information content (AvgIpc) is 1.32. The Hall–Kier alpha value is -13.6. The zero-order valence-corrected chi connectivity index (χ0v) is 60.7. The largest absolute Gasteiger partial charge is 2.00 e. The van der Waals surface area contributed by atoms with Gasteiger partial charge in [0.05, 0.1) is 40.2 Å². The van der Waals surface area contributed by atoms with Crippen LogP contribution in [0.5, 0.6) is 5.75 Å². The topological polar surface area (TPSA) is 80.0 Å². The second-order valence-electron chi connectivity index (χ2n) is 27.9. The Morgan fingerprint density at radius 1 is 0.287 bits per heavy atom. The number of aryl methyl sites for hydroxylation is 1.